The van der Waals surface area contributed by atoms with Gasteiger partial charge < -0.3 is 9.80 Å². The van der Waals surface area contributed by atoms with Crippen LogP contribution in [0.15, 0.2) is 30.3 Å². The summed E-state index contributed by atoms with van der Waals surface area (Å²) in [5, 5.41) is 13.3. The number of rotatable bonds is 5. The Morgan fingerprint density at radius 1 is 0.828 bits per heavy atom. The maximum Gasteiger partial charge on any atom is 0.214 e. The Bertz CT molecular complexity index is 755. The van der Waals surface area contributed by atoms with Gasteiger partial charge in [-0.2, -0.15) is 0 Å². The summed E-state index contributed by atoms with van der Waals surface area (Å²) in [4.78, 5) is 3.50. The molecule has 1 saturated heterocycles. The Kier molecular flexibility index (Phi) is 5.90. The van der Waals surface area contributed by atoms with Gasteiger partial charge in [0.1, 0.15) is 26.2 Å². The van der Waals surface area contributed by atoms with Gasteiger partial charge in [0.15, 0.2) is 6.04 Å². The van der Waals surface area contributed by atoms with Crippen molar-refractivity contribution in [2.45, 2.75) is 75.9 Å². The SMILES string of the molecule is c1ccc([C@@H](c2nnnn2C2CCCCC2)[NH+]2CC[NH+](C3CCCC3)CC2)cc1. The second-order valence-electron chi connectivity index (χ2n) is 9.42. The van der Waals surface area contributed by atoms with Crippen LogP contribution in [0.1, 0.15) is 81.3 Å². The zero-order chi connectivity index (χ0) is 19.5. The highest BCUT2D eigenvalue weighted by Gasteiger charge is 2.38. The zero-order valence-electron chi connectivity index (χ0n) is 17.6. The van der Waals surface area contributed by atoms with Gasteiger partial charge in [-0.3, -0.25) is 0 Å². The lowest BCUT2D eigenvalue weighted by Crippen LogP contribution is -3.29. The highest BCUT2D eigenvalue weighted by atomic mass is 15.6. The lowest BCUT2D eigenvalue weighted by Gasteiger charge is -2.37. The molecule has 0 amide bonds. The molecule has 2 aromatic rings. The van der Waals surface area contributed by atoms with E-state index in [-0.39, 0.29) is 6.04 Å². The van der Waals surface area contributed by atoms with E-state index in [0.29, 0.717) is 6.04 Å². The second kappa shape index (κ2) is 8.92. The fourth-order valence-corrected chi connectivity index (χ4v) is 6.11. The molecular weight excluding hydrogens is 360 g/mol. The Morgan fingerprint density at radius 2 is 1.52 bits per heavy atom. The average Bonchev–Trinajstić information content (AvgIpc) is 3.49. The molecular formula is C23H36N6+2. The first-order chi connectivity index (χ1) is 14.4. The molecule has 6 heteroatoms. The van der Waals surface area contributed by atoms with Crippen molar-refractivity contribution in [2.24, 2.45) is 0 Å². The summed E-state index contributed by atoms with van der Waals surface area (Å²) in [6, 6.07) is 12.6. The second-order valence-corrected chi connectivity index (χ2v) is 9.42. The third-order valence-electron chi connectivity index (χ3n) is 7.71. The van der Waals surface area contributed by atoms with Crippen LogP contribution in [0.3, 0.4) is 0 Å². The molecule has 1 aromatic heterocycles. The maximum atomic E-state index is 4.61. The number of piperazine rings is 1. The lowest BCUT2D eigenvalue weighted by molar-refractivity contribution is -1.03. The predicted molar refractivity (Wildman–Crippen MR) is 112 cm³/mol. The molecule has 1 aromatic carbocycles. The number of hydrogen-bond acceptors (Lipinski definition) is 3. The van der Waals surface area contributed by atoms with E-state index in [2.05, 4.69) is 50.5 Å². The number of nitrogens with one attached hydrogen (secondary N) is 2. The number of benzene rings is 1. The monoisotopic (exact) mass is 396 g/mol. The van der Waals surface area contributed by atoms with E-state index in [1.165, 1.54) is 89.5 Å². The summed E-state index contributed by atoms with van der Waals surface area (Å²) < 4.78 is 2.19. The van der Waals surface area contributed by atoms with Crippen LogP contribution in [0.4, 0.5) is 0 Å². The molecule has 6 nitrogen and oxygen atoms in total. The molecule has 29 heavy (non-hydrogen) atoms. The summed E-state index contributed by atoms with van der Waals surface area (Å²) in [6.07, 6.45) is 12.1. The molecule has 2 aliphatic carbocycles. The molecule has 2 heterocycles. The Balaban J connectivity index is 1.39. The van der Waals surface area contributed by atoms with Gasteiger partial charge in [-0.25, -0.2) is 4.68 Å². The first-order valence-corrected chi connectivity index (χ1v) is 11.9. The summed E-state index contributed by atoms with van der Waals surface area (Å²) in [6.45, 7) is 4.99. The van der Waals surface area contributed by atoms with Crippen LogP contribution in [-0.2, 0) is 0 Å². The van der Waals surface area contributed by atoms with Gasteiger partial charge in [-0.1, -0.05) is 49.6 Å². The van der Waals surface area contributed by atoms with E-state index in [4.69, 9.17) is 0 Å². The van der Waals surface area contributed by atoms with Gasteiger partial charge in [0.2, 0.25) is 5.82 Å². The normalized spacial score (nSPS) is 27.9. The highest BCUT2D eigenvalue weighted by molar-refractivity contribution is 5.22. The molecule has 3 fully saturated rings. The van der Waals surface area contributed by atoms with Crippen LogP contribution in [0.5, 0.6) is 0 Å². The summed E-state index contributed by atoms with van der Waals surface area (Å²) in [5.41, 5.74) is 1.36. The molecule has 1 atom stereocenters. The third-order valence-corrected chi connectivity index (χ3v) is 7.71. The molecule has 3 aliphatic rings. The van der Waals surface area contributed by atoms with Crippen molar-refractivity contribution in [3.8, 4) is 0 Å². The van der Waals surface area contributed by atoms with Gasteiger partial charge in [0, 0.05) is 5.56 Å². The molecule has 0 radical (unpaired) electrons. The first kappa shape index (κ1) is 19.2. The topological polar surface area (TPSA) is 52.5 Å². The van der Waals surface area contributed by atoms with Crippen LogP contribution >= 0.6 is 0 Å². The van der Waals surface area contributed by atoms with E-state index < -0.39 is 0 Å². The predicted octanol–water partition coefficient (Wildman–Crippen LogP) is 0.994. The fraction of sp³-hybridized carbons (Fsp3) is 0.696. The van der Waals surface area contributed by atoms with Crippen molar-refractivity contribution >= 4 is 0 Å². The Labute approximate surface area is 174 Å². The smallest absolute Gasteiger partial charge is 0.214 e. The lowest BCUT2D eigenvalue weighted by atomic mass is 9.95. The van der Waals surface area contributed by atoms with E-state index in [0.717, 1.165) is 11.9 Å². The molecule has 2 saturated carbocycles. The maximum absolute atomic E-state index is 4.61. The fourth-order valence-electron chi connectivity index (χ4n) is 6.11. The van der Waals surface area contributed by atoms with Gasteiger partial charge in [0.05, 0.1) is 12.1 Å². The largest absolute Gasteiger partial charge is 0.323 e. The van der Waals surface area contributed by atoms with Crippen molar-refractivity contribution in [2.75, 3.05) is 26.2 Å². The van der Waals surface area contributed by atoms with Crippen molar-refractivity contribution in [1.82, 2.24) is 20.2 Å². The Hall–Kier alpha value is -1.79. The molecule has 1 aliphatic heterocycles. The van der Waals surface area contributed by atoms with Crippen LogP contribution in [0.25, 0.3) is 0 Å². The molecule has 0 unspecified atom stereocenters. The standard InChI is InChI=1S/C23H34N6/c1-3-9-19(10-4-1)22(23-24-25-26-29(23)21-13-5-2-6-14-21)28-17-15-27(16-18-28)20-11-7-8-12-20/h1,3-4,9-10,20-22H,2,5-8,11-18H2/p+2/t22-/m0/s1. The zero-order valence-corrected chi connectivity index (χ0v) is 17.6. The van der Waals surface area contributed by atoms with Crippen molar-refractivity contribution < 1.29 is 9.80 Å². The van der Waals surface area contributed by atoms with Crippen LogP contribution in [0.2, 0.25) is 0 Å². The van der Waals surface area contributed by atoms with Crippen molar-refractivity contribution in [3.63, 3.8) is 0 Å². The molecule has 2 N–H and O–H groups in total. The molecule has 5 rings (SSSR count). The summed E-state index contributed by atoms with van der Waals surface area (Å²) in [5.74, 6) is 1.09. The van der Waals surface area contributed by atoms with E-state index >= 15 is 0 Å². The van der Waals surface area contributed by atoms with E-state index in [9.17, 15) is 0 Å². The van der Waals surface area contributed by atoms with Crippen molar-refractivity contribution in [3.05, 3.63) is 41.7 Å². The number of tetrazole rings is 1. The summed E-state index contributed by atoms with van der Waals surface area (Å²) >= 11 is 0. The third kappa shape index (κ3) is 4.10. The molecule has 0 spiro atoms. The minimum atomic E-state index is 0.248. The molecule has 0 bridgehead atoms. The van der Waals surface area contributed by atoms with Gasteiger partial charge >= 0.3 is 0 Å². The average molecular weight is 397 g/mol. The van der Waals surface area contributed by atoms with E-state index in [1.807, 2.05) is 4.90 Å². The number of aromatic nitrogens is 4. The number of hydrogen-bond donors (Lipinski definition) is 2. The van der Waals surface area contributed by atoms with Crippen molar-refractivity contribution in [1.29, 1.82) is 0 Å². The van der Waals surface area contributed by atoms with Crippen LogP contribution in [-0.4, -0.2) is 52.4 Å². The van der Waals surface area contributed by atoms with Gasteiger partial charge in [-0.05, 0) is 49.0 Å². The quantitative estimate of drug-likeness (QED) is 0.793. The number of quaternary nitrogens is 2. The summed E-state index contributed by atoms with van der Waals surface area (Å²) in [7, 11) is 0. The first-order valence-electron chi connectivity index (χ1n) is 11.9. The van der Waals surface area contributed by atoms with Gasteiger partial charge in [-0.15, -0.1) is 5.10 Å². The van der Waals surface area contributed by atoms with Gasteiger partial charge in [0.25, 0.3) is 0 Å². The number of nitrogens with zero attached hydrogens (tertiary/aromatic N) is 4. The van der Waals surface area contributed by atoms with E-state index in [1.54, 1.807) is 4.90 Å². The Morgan fingerprint density at radius 3 is 2.24 bits per heavy atom. The minimum absolute atomic E-state index is 0.248. The molecule has 156 valence electrons. The highest BCUT2D eigenvalue weighted by Crippen LogP contribution is 2.30. The van der Waals surface area contributed by atoms with Crippen LogP contribution in [0, 0.1) is 0 Å². The van der Waals surface area contributed by atoms with Crippen LogP contribution < -0.4 is 9.80 Å². The minimum Gasteiger partial charge on any atom is -0.323 e.